The van der Waals surface area contributed by atoms with Gasteiger partial charge < -0.3 is 0 Å². The highest BCUT2D eigenvalue weighted by atomic mass is 16.2. The standard InChI is InChI=1S/C22H23N3O/c1-13(2)16-7-9-17(10-8-16)21-19-15(4)23-24-20(19)22(26)25(21)18-11-5-14(3)6-12-18/h5-13,21H,1-4H3,(H,23,24)/t21-/m0/s1. The molecule has 0 saturated heterocycles. The Morgan fingerprint density at radius 3 is 2.27 bits per heavy atom. The molecular weight excluding hydrogens is 322 g/mol. The number of carbonyl (C=O) groups excluding carboxylic acids is 1. The summed E-state index contributed by atoms with van der Waals surface area (Å²) in [6.45, 7) is 8.40. The Bertz CT molecular complexity index is 952. The van der Waals surface area contributed by atoms with E-state index >= 15 is 0 Å². The molecule has 1 N–H and O–H groups in total. The zero-order valence-corrected chi connectivity index (χ0v) is 15.6. The molecule has 0 radical (unpaired) electrons. The molecule has 2 heterocycles. The SMILES string of the molecule is Cc1ccc(N2C(=O)c3n[nH]c(C)c3[C@@H]2c2ccc(C(C)C)cc2)cc1. The molecule has 132 valence electrons. The van der Waals surface area contributed by atoms with E-state index in [1.54, 1.807) is 0 Å². The monoisotopic (exact) mass is 345 g/mol. The number of hydrogen-bond acceptors (Lipinski definition) is 2. The molecule has 0 spiro atoms. The van der Waals surface area contributed by atoms with Crippen molar-refractivity contribution in [2.24, 2.45) is 0 Å². The fraction of sp³-hybridized carbons (Fsp3) is 0.273. The molecule has 0 aliphatic carbocycles. The maximum Gasteiger partial charge on any atom is 0.279 e. The summed E-state index contributed by atoms with van der Waals surface area (Å²) in [6.07, 6.45) is 0. The molecule has 1 atom stereocenters. The predicted octanol–water partition coefficient (Wildman–Crippen LogP) is 4.90. The second kappa shape index (κ2) is 6.13. The van der Waals surface area contributed by atoms with E-state index in [0.717, 1.165) is 22.5 Å². The van der Waals surface area contributed by atoms with Crippen molar-refractivity contribution in [1.29, 1.82) is 0 Å². The van der Waals surface area contributed by atoms with Gasteiger partial charge in [0.15, 0.2) is 5.69 Å². The molecule has 1 aromatic heterocycles. The van der Waals surface area contributed by atoms with Crippen LogP contribution in [0.15, 0.2) is 48.5 Å². The molecule has 0 bridgehead atoms. The van der Waals surface area contributed by atoms with Crippen molar-refractivity contribution in [3.63, 3.8) is 0 Å². The summed E-state index contributed by atoms with van der Waals surface area (Å²) in [7, 11) is 0. The number of fused-ring (bicyclic) bond motifs is 1. The summed E-state index contributed by atoms with van der Waals surface area (Å²) in [5, 5.41) is 7.26. The molecule has 1 aliphatic rings. The molecule has 0 saturated carbocycles. The molecule has 1 aliphatic heterocycles. The van der Waals surface area contributed by atoms with E-state index in [2.05, 4.69) is 48.3 Å². The van der Waals surface area contributed by atoms with Crippen molar-refractivity contribution in [2.45, 2.75) is 39.7 Å². The minimum absolute atomic E-state index is 0.0499. The third-order valence-electron chi connectivity index (χ3n) is 5.18. The number of carbonyl (C=O) groups is 1. The van der Waals surface area contributed by atoms with Crippen molar-refractivity contribution in [3.05, 3.63) is 82.2 Å². The van der Waals surface area contributed by atoms with Gasteiger partial charge in [0, 0.05) is 16.9 Å². The van der Waals surface area contributed by atoms with Gasteiger partial charge in [-0.3, -0.25) is 14.8 Å². The van der Waals surface area contributed by atoms with Crippen LogP contribution in [0.3, 0.4) is 0 Å². The molecule has 1 amide bonds. The van der Waals surface area contributed by atoms with Crippen LogP contribution in [0.4, 0.5) is 5.69 Å². The van der Waals surface area contributed by atoms with E-state index in [-0.39, 0.29) is 11.9 Å². The molecule has 3 aromatic rings. The Morgan fingerprint density at radius 2 is 1.65 bits per heavy atom. The average molecular weight is 345 g/mol. The van der Waals surface area contributed by atoms with Gasteiger partial charge in [0.25, 0.3) is 5.91 Å². The number of rotatable bonds is 3. The number of aromatic amines is 1. The first kappa shape index (κ1) is 16.6. The van der Waals surface area contributed by atoms with Crippen molar-refractivity contribution in [1.82, 2.24) is 10.2 Å². The van der Waals surface area contributed by atoms with Gasteiger partial charge in [-0.2, -0.15) is 5.10 Å². The summed E-state index contributed by atoms with van der Waals surface area (Å²) in [6, 6.07) is 16.5. The Hall–Kier alpha value is -2.88. The van der Waals surface area contributed by atoms with Crippen LogP contribution in [0.5, 0.6) is 0 Å². The zero-order valence-electron chi connectivity index (χ0n) is 15.6. The van der Waals surface area contributed by atoms with Crippen LogP contribution < -0.4 is 4.90 Å². The number of nitrogens with zero attached hydrogens (tertiary/aromatic N) is 2. The number of benzene rings is 2. The molecule has 4 nitrogen and oxygen atoms in total. The first-order valence-electron chi connectivity index (χ1n) is 9.02. The molecule has 26 heavy (non-hydrogen) atoms. The van der Waals surface area contributed by atoms with E-state index in [0.29, 0.717) is 11.6 Å². The first-order chi connectivity index (χ1) is 12.5. The molecule has 4 rings (SSSR count). The quantitative estimate of drug-likeness (QED) is 0.734. The van der Waals surface area contributed by atoms with E-state index < -0.39 is 0 Å². The van der Waals surface area contributed by atoms with E-state index in [1.807, 2.05) is 43.0 Å². The Morgan fingerprint density at radius 1 is 1.00 bits per heavy atom. The normalized spacial score (nSPS) is 16.4. The molecule has 0 unspecified atom stereocenters. The van der Waals surface area contributed by atoms with Crippen molar-refractivity contribution in [3.8, 4) is 0 Å². The van der Waals surface area contributed by atoms with Gasteiger partial charge in [-0.15, -0.1) is 0 Å². The predicted molar refractivity (Wildman–Crippen MR) is 104 cm³/mol. The molecular formula is C22H23N3O. The third-order valence-corrected chi connectivity index (χ3v) is 5.18. The summed E-state index contributed by atoms with van der Waals surface area (Å²) in [5.41, 5.74) is 6.93. The van der Waals surface area contributed by atoms with Gasteiger partial charge in [-0.05, 0) is 43.0 Å². The van der Waals surface area contributed by atoms with Crippen LogP contribution in [0, 0.1) is 13.8 Å². The third kappa shape index (κ3) is 2.53. The van der Waals surface area contributed by atoms with Crippen LogP contribution in [0.25, 0.3) is 0 Å². The molecule has 4 heteroatoms. The number of anilines is 1. The van der Waals surface area contributed by atoms with Crippen molar-refractivity contribution < 1.29 is 4.79 Å². The van der Waals surface area contributed by atoms with Crippen molar-refractivity contribution in [2.75, 3.05) is 4.90 Å². The molecule has 0 fully saturated rings. The minimum Gasteiger partial charge on any atom is -0.295 e. The number of H-pyrrole nitrogens is 1. The average Bonchev–Trinajstić information content (AvgIpc) is 3.15. The fourth-order valence-electron chi connectivity index (χ4n) is 3.65. The smallest absolute Gasteiger partial charge is 0.279 e. The summed E-state index contributed by atoms with van der Waals surface area (Å²) in [4.78, 5) is 15.0. The molecule has 2 aromatic carbocycles. The van der Waals surface area contributed by atoms with Gasteiger partial charge in [-0.25, -0.2) is 0 Å². The van der Waals surface area contributed by atoms with Gasteiger partial charge in [-0.1, -0.05) is 55.8 Å². The lowest BCUT2D eigenvalue weighted by molar-refractivity contribution is 0.0988. The van der Waals surface area contributed by atoms with Gasteiger partial charge in [0.1, 0.15) is 0 Å². The second-order valence-corrected chi connectivity index (χ2v) is 7.35. The lowest BCUT2D eigenvalue weighted by atomic mass is 9.95. The number of amides is 1. The maximum atomic E-state index is 13.1. The Balaban J connectivity index is 1.85. The van der Waals surface area contributed by atoms with Crippen molar-refractivity contribution >= 4 is 11.6 Å². The topological polar surface area (TPSA) is 49.0 Å². The van der Waals surface area contributed by atoms with Crippen LogP contribution >= 0.6 is 0 Å². The Labute approximate surface area is 153 Å². The Kier molecular flexibility index (Phi) is 3.91. The lowest BCUT2D eigenvalue weighted by Gasteiger charge is -2.26. The van der Waals surface area contributed by atoms with Crippen LogP contribution in [-0.4, -0.2) is 16.1 Å². The summed E-state index contributed by atoms with van der Waals surface area (Å²) >= 11 is 0. The minimum atomic E-state index is -0.153. The van der Waals surface area contributed by atoms with Crippen LogP contribution in [0.1, 0.15) is 64.2 Å². The highest BCUT2D eigenvalue weighted by molar-refractivity contribution is 6.10. The number of aryl methyl sites for hydroxylation is 2. The second-order valence-electron chi connectivity index (χ2n) is 7.35. The van der Waals surface area contributed by atoms with E-state index in [1.165, 1.54) is 11.1 Å². The summed E-state index contributed by atoms with van der Waals surface area (Å²) < 4.78 is 0. The fourth-order valence-corrected chi connectivity index (χ4v) is 3.65. The van der Waals surface area contributed by atoms with Gasteiger partial charge in [0.2, 0.25) is 0 Å². The lowest BCUT2D eigenvalue weighted by Crippen LogP contribution is -2.29. The number of aromatic nitrogens is 2. The van der Waals surface area contributed by atoms with Crippen LogP contribution in [0.2, 0.25) is 0 Å². The number of hydrogen-bond donors (Lipinski definition) is 1. The van der Waals surface area contributed by atoms with E-state index in [4.69, 9.17) is 0 Å². The summed E-state index contributed by atoms with van der Waals surface area (Å²) in [5.74, 6) is 0.430. The highest BCUT2D eigenvalue weighted by Crippen LogP contribution is 2.42. The number of nitrogens with one attached hydrogen (secondary N) is 1. The van der Waals surface area contributed by atoms with Gasteiger partial charge in [0.05, 0.1) is 6.04 Å². The van der Waals surface area contributed by atoms with Gasteiger partial charge >= 0.3 is 0 Å². The largest absolute Gasteiger partial charge is 0.295 e. The highest BCUT2D eigenvalue weighted by Gasteiger charge is 2.42. The first-order valence-corrected chi connectivity index (χ1v) is 9.02. The van der Waals surface area contributed by atoms with E-state index in [9.17, 15) is 4.79 Å². The maximum absolute atomic E-state index is 13.1. The zero-order chi connectivity index (χ0) is 18.4. The van der Waals surface area contributed by atoms with Crippen LogP contribution in [-0.2, 0) is 0 Å².